The van der Waals surface area contributed by atoms with Crippen molar-refractivity contribution in [2.45, 2.75) is 0 Å². The van der Waals surface area contributed by atoms with Gasteiger partial charge in [0.1, 0.15) is 0 Å². The molecular weight excluding hydrogens is 1830 g/mol. The summed E-state index contributed by atoms with van der Waals surface area (Å²) >= 11 is 0. The lowest BCUT2D eigenvalue weighted by Crippen LogP contribution is -2.06. The number of hydrogen-bond acceptors (Lipinski definition) is 9. The van der Waals surface area contributed by atoms with Gasteiger partial charge in [-0.2, -0.15) is 29.9 Å². The molecule has 0 atom stereocenters. The van der Waals surface area contributed by atoms with Gasteiger partial charge in [0.15, 0.2) is 34.9 Å². The van der Waals surface area contributed by atoms with Gasteiger partial charge in [-0.3, -0.25) is 13.7 Å². The van der Waals surface area contributed by atoms with Crippen LogP contribution in [-0.4, -0.2) is 72.3 Å². The lowest BCUT2D eigenvalue weighted by molar-refractivity contribution is 0.953. The molecule has 15 nitrogen and oxygen atoms in total. The van der Waals surface area contributed by atoms with Gasteiger partial charge in [-0.25, -0.2) is 15.0 Å². The van der Waals surface area contributed by atoms with Gasteiger partial charge >= 0.3 is 0 Å². The third-order valence-electron chi connectivity index (χ3n) is 26.9. The van der Waals surface area contributed by atoms with Gasteiger partial charge in [-0.05, 0) is 131 Å². The lowest BCUT2D eigenvalue weighted by Gasteiger charge is -2.14. The summed E-state index contributed by atoms with van der Waals surface area (Å²) in [6.45, 7) is 0. The average Bonchev–Trinajstić information content (AvgIpc) is 1.54. The Balaban J connectivity index is 0.000000123. The highest BCUT2D eigenvalue weighted by Crippen LogP contribution is 2.48. The van der Waals surface area contributed by atoms with E-state index in [1.807, 2.05) is 212 Å². The summed E-state index contributed by atoms with van der Waals surface area (Å²) < 4.78 is 268. The SMILES string of the molecule is [2H]c1c([2H])c([2H])c(-c2nc(-c3c([2H])c([2H])c([2H])c([2H])c3[2H])nc(-n3c4ccccc4c4c5c6ccccc6n(-c6ccc(-c7ccccc7)cc6)c5ccc43)n2)c([2H])c1[2H].[2H]c1c([2H])c([2H])c(-c2nc(-c3c([2H])c([2H])c([2H])c([2H])c3[2H])nc(-n3c4ccccc4c4c5c6ccccc6n(-c6cccc(-c7ccccc7)c6)c5ccc43)n2)c([2H])c1[2H].[2H]c1c([2H])c([2H])c(-c2nc(-c3c([2H])c([2H])c([2H])c([2H])c3[2H])nc(-n3c4ccccc4c4cc5c(cc43)c3ccccc3n5-c3ccccc3-c3ccccc3)n2)c([2H])c1[2H]. The fraction of sp³-hybridized carbons (Fsp3) is 0. The molecule has 9 heterocycles. The smallest absolute Gasteiger partial charge is 0.238 e. The van der Waals surface area contributed by atoms with E-state index in [-0.39, 0.29) is 86.2 Å². The number of para-hydroxylation sites is 7. The van der Waals surface area contributed by atoms with Crippen LogP contribution in [-0.2, 0) is 0 Å². The summed E-state index contributed by atoms with van der Waals surface area (Å²) in [5.74, 6) is -2.17. The molecule has 0 bridgehead atoms. The first-order valence-corrected chi connectivity index (χ1v) is 47.9. The second-order valence-electron chi connectivity index (χ2n) is 35.3. The Morgan fingerprint density at radius 2 is 0.407 bits per heavy atom. The van der Waals surface area contributed by atoms with Crippen molar-refractivity contribution in [2.75, 3.05) is 0 Å². The van der Waals surface area contributed by atoms with Gasteiger partial charge in [0.05, 0.1) is 113 Å². The van der Waals surface area contributed by atoms with Crippen LogP contribution in [0.2, 0.25) is 0 Å². The molecule has 0 aliphatic heterocycles. The van der Waals surface area contributed by atoms with E-state index < -0.39 is 181 Å². The van der Waals surface area contributed by atoms with E-state index in [0.29, 0.717) is 33.1 Å². The predicted octanol–water partition coefficient (Wildman–Crippen LogP) is 33.2. The van der Waals surface area contributed by atoms with Gasteiger partial charge in [0, 0.05) is 115 Å². The van der Waals surface area contributed by atoms with Gasteiger partial charge < -0.3 is 13.7 Å². The minimum absolute atomic E-state index is 0.0561. The van der Waals surface area contributed by atoms with Crippen LogP contribution in [0.4, 0.5) is 0 Å². The number of rotatable bonds is 15. The molecule has 0 N–H and O–H groups in total. The summed E-state index contributed by atoms with van der Waals surface area (Å²) in [6.07, 6.45) is 0. The third-order valence-corrected chi connectivity index (χ3v) is 26.9. The lowest BCUT2D eigenvalue weighted by atomic mass is 10.0. The molecule has 150 heavy (non-hydrogen) atoms. The summed E-state index contributed by atoms with van der Waals surface area (Å²) in [7, 11) is 0. The van der Waals surface area contributed by atoms with Gasteiger partial charge in [0.25, 0.3) is 0 Å². The zero-order valence-corrected chi connectivity index (χ0v) is 78.6. The maximum atomic E-state index is 8.81. The fourth-order valence-electron chi connectivity index (χ4n) is 20.6. The molecule has 0 radical (unpaired) electrons. The molecule has 21 aromatic carbocycles. The molecule has 0 aliphatic carbocycles. The Hall–Kier alpha value is -20.5. The Bertz CT molecular complexity index is 12100. The van der Waals surface area contributed by atoms with Crippen LogP contribution in [0.25, 0.3) is 267 Å². The van der Waals surface area contributed by atoms with Crippen LogP contribution in [0.5, 0.6) is 0 Å². The summed E-state index contributed by atoms with van der Waals surface area (Å²) in [5, 5.41) is 10.8. The number of aromatic nitrogens is 15. The molecule has 15 heteroatoms. The minimum atomic E-state index is -0.609. The Kier molecular flexibility index (Phi) is 15.2. The molecule has 0 spiro atoms. The summed E-state index contributed by atoms with van der Waals surface area (Å²) in [6, 6.07) is 97.4. The van der Waals surface area contributed by atoms with Crippen LogP contribution >= 0.6 is 0 Å². The Labute approximate surface area is 903 Å². The third kappa shape index (κ3) is 15.2. The second kappa shape index (κ2) is 37.0. The quantitative estimate of drug-likeness (QED) is 0.0979. The number of benzene rings is 21. The van der Waals surface area contributed by atoms with Crippen LogP contribution < -0.4 is 0 Å². The van der Waals surface area contributed by atoms with E-state index in [0.717, 1.165) is 148 Å². The summed E-state index contributed by atoms with van der Waals surface area (Å²) in [5.41, 5.74) is 17.1. The second-order valence-corrected chi connectivity index (χ2v) is 35.3. The zero-order valence-electron chi connectivity index (χ0n) is 109. The zero-order chi connectivity index (χ0) is 125. The topological polar surface area (TPSA) is 146 Å². The van der Waals surface area contributed by atoms with Gasteiger partial charge in [-0.1, -0.05) is 424 Å². The van der Waals surface area contributed by atoms with Crippen molar-refractivity contribution in [3.05, 3.63) is 527 Å². The van der Waals surface area contributed by atoms with Gasteiger partial charge in [0.2, 0.25) is 17.8 Å². The molecule has 0 saturated carbocycles. The average molecular weight is 1950 g/mol. The van der Waals surface area contributed by atoms with Crippen LogP contribution in [0.15, 0.2) is 527 Å². The first-order valence-electron chi connectivity index (χ1n) is 62.9. The van der Waals surface area contributed by atoms with Crippen molar-refractivity contribution in [1.82, 2.24) is 72.3 Å². The number of nitrogens with zero attached hydrogens (tertiary/aromatic N) is 15. The fourth-order valence-corrected chi connectivity index (χ4v) is 20.6. The van der Waals surface area contributed by atoms with Crippen molar-refractivity contribution >= 4 is 131 Å². The number of fused-ring (bicyclic) bond motifs is 20. The monoisotopic (exact) mass is 1950 g/mol. The van der Waals surface area contributed by atoms with E-state index in [1.54, 1.807) is 13.7 Å². The van der Waals surface area contributed by atoms with E-state index in [9.17, 15) is 0 Å². The standard InChI is InChI=1S/3C45H29N5/c1-4-16-30(17-5-1)33-22-10-13-25-38(33)49-39-26-14-11-23-34(39)36-29-42-37(28-41(36)49)35-24-12-15-27-40(35)50(42)45-47-43(31-18-6-2-7-19-31)46-44(48-45)32-20-8-3-9-21-32;1-4-15-30(16-5-1)33-21-14-22-34(29-33)49-37-25-12-10-23-35(37)41-39(49)27-28-40-42(41)36-24-11-13-26-38(36)50(40)45-47-43(31-17-6-2-7-18-31)46-44(48-45)32-19-8-3-9-20-32;1-4-14-30(15-5-1)31-24-26-34(27-25-31)49-37-22-12-10-20-35(37)41-39(49)28-29-40-42(41)36-21-11-13-23-38(36)50(40)45-47-43(32-16-6-2-7-17-32)46-44(48-45)33-18-8-3-9-19-33/h3*1-29H/i2D,3D,6D,7D,8D,9D,18D,19D,20D,21D;2D,3D,6D,7D,8D,9D,17D,18D,19D,20D;2D,3D,6D,7D,8D,9D,16D,17D,18D,19D. The summed E-state index contributed by atoms with van der Waals surface area (Å²) in [4.78, 5) is 42.1. The first-order chi connectivity index (χ1) is 86.9. The molecule has 702 valence electrons. The van der Waals surface area contributed by atoms with Crippen molar-refractivity contribution in [1.29, 1.82) is 0 Å². The van der Waals surface area contributed by atoms with Crippen LogP contribution in [0.3, 0.4) is 0 Å². The van der Waals surface area contributed by atoms with Crippen molar-refractivity contribution in [2.24, 2.45) is 0 Å². The molecule has 30 rings (SSSR count). The van der Waals surface area contributed by atoms with Crippen molar-refractivity contribution in [3.63, 3.8) is 0 Å². The van der Waals surface area contributed by atoms with E-state index in [4.69, 9.17) is 71.0 Å². The normalized spacial score (nSPS) is 14.4. The highest BCUT2D eigenvalue weighted by atomic mass is 15.2. The van der Waals surface area contributed by atoms with E-state index >= 15 is 0 Å². The molecular formula is C135H87N15. The highest BCUT2D eigenvalue weighted by molar-refractivity contribution is 6.31. The van der Waals surface area contributed by atoms with E-state index in [2.05, 4.69) is 162 Å². The first kappa shape index (κ1) is 61.4. The Morgan fingerprint density at radius 1 is 0.147 bits per heavy atom. The molecule has 0 unspecified atom stereocenters. The number of hydrogen-bond donors (Lipinski definition) is 0. The van der Waals surface area contributed by atoms with Crippen LogP contribution in [0, 0.1) is 0 Å². The van der Waals surface area contributed by atoms with Crippen molar-refractivity contribution in [3.8, 4) is 137 Å². The maximum absolute atomic E-state index is 8.81. The molecule has 0 saturated heterocycles. The molecule has 0 amide bonds. The Morgan fingerprint density at radius 3 is 0.773 bits per heavy atom. The van der Waals surface area contributed by atoms with Crippen LogP contribution in [0.1, 0.15) is 41.1 Å². The molecule has 9 aromatic heterocycles. The molecule has 0 fully saturated rings. The van der Waals surface area contributed by atoms with Gasteiger partial charge in [-0.15, -0.1) is 0 Å². The predicted molar refractivity (Wildman–Crippen MR) is 614 cm³/mol. The van der Waals surface area contributed by atoms with E-state index in [1.165, 1.54) is 0 Å². The maximum Gasteiger partial charge on any atom is 0.238 e. The molecule has 30 aromatic rings. The largest absolute Gasteiger partial charge is 0.309 e. The molecule has 0 aliphatic rings. The van der Waals surface area contributed by atoms with Crippen molar-refractivity contribution < 1.29 is 41.1 Å². The highest BCUT2D eigenvalue weighted by Gasteiger charge is 2.29. The minimum Gasteiger partial charge on any atom is -0.309 e.